The number of morpholine rings is 1. The van der Waals surface area contributed by atoms with E-state index in [1.807, 2.05) is 10.9 Å². The summed E-state index contributed by atoms with van der Waals surface area (Å²) < 4.78 is 7.34. The minimum absolute atomic E-state index is 0.0687. The van der Waals surface area contributed by atoms with E-state index in [4.69, 9.17) is 9.84 Å². The first kappa shape index (κ1) is 17.0. The molecule has 0 saturated carbocycles. The molecule has 0 radical (unpaired) electrons. The van der Waals surface area contributed by atoms with E-state index in [1.54, 1.807) is 0 Å². The maximum Gasteiger partial charge on any atom is 0.0682 e. The van der Waals surface area contributed by atoms with Gasteiger partial charge in [0, 0.05) is 43.5 Å². The van der Waals surface area contributed by atoms with Crippen LogP contribution >= 0.6 is 0 Å². The average Bonchev–Trinajstić information content (AvgIpc) is 3.07. The fourth-order valence-corrected chi connectivity index (χ4v) is 2.81. The molecule has 1 fully saturated rings. The minimum Gasteiger partial charge on any atom is -0.384 e. The standard InChI is InChI=1S/C19H28N4O/c1-19(2,3)18-7-9-23(21-18)17-6-4-5-16(15-17)20-8-10-22-11-13-24-14-12-22/h4-7,9,15,20H,8,10-14H2,1-3H3. The molecule has 0 atom stereocenters. The van der Waals surface area contributed by atoms with Gasteiger partial charge in [-0.05, 0) is 24.3 Å². The largest absolute Gasteiger partial charge is 0.384 e. The van der Waals surface area contributed by atoms with Gasteiger partial charge in [0.15, 0.2) is 0 Å². The highest BCUT2D eigenvalue weighted by Crippen LogP contribution is 2.21. The Morgan fingerprint density at radius 1 is 1.17 bits per heavy atom. The summed E-state index contributed by atoms with van der Waals surface area (Å²) in [5, 5.41) is 8.23. The van der Waals surface area contributed by atoms with Crippen molar-refractivity contribution in [3.63, 3.8) is 0 Å². The predicted molar refractivity (Wildman–Crippen MR) is 98.0 cm³/mol. The predicted octanol–water partition coefficient (Wildman–Crippen LogP) is 2.91. The van der Waals surface area contributed by atoms with Crippen LogP contribution in [0.4, 0.5) is 5.69 Å². The molecule has 0 unspecified atom stereocenters. The molecule has 0 amide bonds. The molecule has 1 aliphatic heterocycles. The zero-order valence-electron chi connectivity index (χ0n) is 15.0. The Balaban J connectivity index is 1.60. The van der Waals surface area contributed by atoms with Crippen LogP contribution in [0.5, 0.6) is 0 Å². The van der Waals surface area contributed by atoms with Crippen LogP contribution in [0.15, 0.2) is 36.5 Å². The highest BCUT2D eigenvalue weighted by molar-refractivity contribution is 5.51. The summed E-state index contributed by atoms with van der Waals surface area (Å²) in [4.78, 5) is 2.43. The second kappa shape index (κ2) is 7.36. The van der Waals surface area contributed by atoms with Gasteiger partial charge in [0.05, 0.1) is 24.6 Å². The highest BCUT2D eigenvalue weighted by atomic mass is 16.5. The summed E-state index contributed by atoms with van der Waals surface area (Å²) in [6, 6.07) is 10.5. The summed E-state index contributed by atoms with van der Waals surface area (Å²) in [6.07, 6.45) is 2.04. The number of benzene rings is 1. The fraction of sp³-hybridized carbons (Fsp3) is 0.526. The molecule has 1 saturated heterocycles. The van der Waals surface area contributed by atoms with E-state index < -0.39 is 0 Å². The van der Waals surface area contributed by atoms with Crippen molar-refractivity contribution in [3.8, 4) is 5.69 Å². The van der Waals surface area contributed by atoms with Gasteiger partial charge in [0.1, 0.15) is 0 Å². The van der Waals surface area contributed by atoms with Crippen LogP contribution in [-0.4, -0.2) is 54.1 Å². The smallest absolute Gasteiger partial charge is 0.0682 e. The number of ether oxygens (including phenoxy) is 1. The van der Waals surface area contributed by atoms with Crippen LogP contribution in [0, 0.1) is 0 Å². The van der Waals surface area contributed by atoms with Crippen molar-refractivity contribution in [3.05, 3.63) is 42.2 Å². The zero-order chi connectivity index (χ0) is 17.0. The molecule has 3 rings (SSSR count). The molecule has 2 heterocycles. The van der Waals surface area contributed by atoms with Crippen LogP contribution in [0.25, 0.3) is 5.69 Å². The number of anilines is 1. The topological polar surface area (TPSA) is 42.3 Å². The maximum absolute atomic E-state index is 5.38. The lowest BCUT2D eigenvalue weighted by atomic mass is 9.93. The second-order valence-corrected chi connectivity index (χ2v) is 7.33. The van der Waals surface area contributed by atoms with Gasteiger partial charge >= 0.3 is 0 Å². The third-order valence-electron chi connectivity index (χ3n) is 4.33. The normalized spacial score (nSPS) is 16.3. The Morgan fingerprint density at radius 3 is 2.67 bits per heavy atom. The van der Waals surface area contributed by atoms with Gasteiger partial charge in [-0.15, -0.1) is 0 Å². The molecular formula is C19H28N4O. The fourth-order valence-electron chi connectivity index (χ4n) is 2.81. The maximum atomic E-state index is 5.38. The van der Waals surface area contributed by atoms with Crippen molar-refractivity contribution in [2.45, 2.75) is 26.2 Å². The number of nitrogens with one attached hydrogen (secondary N) is 1. The molecule has 1 aromatic heterocycles. The third kappa shape index (κ3) is 4.36. The van der Waals surface area contributed by atoms with Gasteiger partial charge in [-0.25, -0.2) is 4.68 Å². The van der Waals surface area contributed by atoms with Crippen molar-refractivity contribution in [1.82, 2.24) is 14.7 Å². The summed E-state index contributed by atoms with van der Waals surface area (Å²) >= 11 is 0. The third-order valence-corrected chi connectivity index (χ3v) is 4.33. The molecule has 24 heavy (non-hydrogen) atoms. The Kier molecular flexibility index (Phi) is 5.21. The van der Waals surface area contributed by atoms with E-state index in [1.165, 1.54) is 0 Å². The molecule has 1 aromatic carbocycles. The molecular weight excluding hydrogens is 300 g/mol. The Hall–Kier alpha value is -1.85. The van der Waals surface area contributed by atoms with Gasteiger partial charge in [0.25, 0.3) is 0 Å². The Morgan fingerprint density at radius 2 is 1.96 bits per heavy atom. The summed E-state index contributed by atoms with van der Waals surface area (Å²) in [5.41, 5.74) is 3.39. The van der Waals surface area contributed by atoms with Gasteiger partial charge in [-0.1, -0.05) is 26.8 Å². The number of aromatic nitrogens is 2. The van der Waals surface area contributed by atoms with E-state index in [2.05, 4.69) is 61.3 Å². The quantitative estimate of drug-likeness (QED) is 0.916. The SMILES string of the molecule is CC(C)(C)c1ccn(-c2cccc(NCCN3CCOCC3)c2)n1. The number of rotatable bonds is 5. The zero-order valence-corrected chi connectivity index (χ0v) is 15.0. The molecule has 0 bridgehead atoms. The summed E-state index contributed by atoms with van der Waals surface area (Å²) in [5.74, 6) is 0. The van der Waals surface area contributed by atoms with E-state index in [0.29, 0.717) is 0 Å². The molecule has 2 aromatic rings. The van der Waals surface area contributed by atoms with Crippen LogP contribution in [-0.2, 0) is 10.2 Å². The second-order valence-electron chi connectivity index (χ2n) is 7.33. The summed E-state index contributed by atoms with van der Waals surface area (Å²) in [6.45, 7) is 12.3. The van der Waals surface area contributed by atoms with Crippen LogP contribution in [0.3, 0.4) is 0 Å². The first-order chi connectivity index (χ1) is 11.5. The number of hydrogen-bond acceptors (Lipinski definition) is 4. The minimum atomic E-state index is 0.0687. The van der Waals surface area contributed by atoms with Crippen molar-refractivity contribution in [2.24, 2.45) is 0 Å². The lowest BCUT2D eigenvalue weighted by Gasteiger charge is -2.26. The van der Waals surface area contributed by atoms with Gasteiger partial charge in [-0.3, -0.25) is 4.90 Å². The lowest BCUT2D eigenvalue weighted by molar-refractivity contribution is 0.0398. The van der Waals surface area contributed by atoms with Gasteiger partial charge in [-0.2, -0.15) is 5.10 Å². The average molecular weight is 328 g/mol. The highest BCUT2D eigenvalue weighted by Gasteiger charge is 2.17. The number of nitrogens with zero attached hydrogens (tertiary/aromatic N) is 3. The van der Waals surface area contributed by atoms with Crippen molar-refractivity contribution in [2.75, 3.05) is 44.7 Å². The van der Waals surface area contributed by atoms with Crippen molar-refractivity contribution < 1.29 is 4.74 Å². The molecule has 1 N–H and O–H groups in total. The van der Waals surface area contributed by atoms with E-state index in [0.717, 1.165) is 56.5 Å². The first-order valence-corrected chi connectivity index (χ1v) is 8.73. The molecule has 5 nitrogen and oxygen atoms in total. The van der Waals surface area contributed by atoms with Crippen LogP contribution < -0.4 is 5.32 Å². The lowest BCUT2D eigenvalue weighted by Crippen LogP contribution is -2.39. The van der Waals surface area contributed by atoms with Crippen LogP contribution in [0.1, 0.15) is 26.5 Å². The molecule has 0 spiro atoms. The first-order valence-electron chi connectivity index (χ1n) is 8.73. The Labute approximate surface area is 144 Å². The van der Waals surface area contributed by atoms with Crippen LogP contribution in [0.2, 0.25) is 0 Å². The monoisotopic (exact) mass is 328 g/mol. The number of hydrogen-bond donors (Lipinski definition) is 1. The Bertz CT molecular complexity index is 653. The molecule has 130 valence electrons. The molecule has 5 heteroatoms. The van der Waals surface area contributed by atoms with E-state index in [9.17, 15) is 0 Å². The molecule has 1 aliphatic rings. The van der Waals surface area contributed by atoms with Gasteiger partial charge in [0.2, 0.25) is 0 Å². The molecule has 0 aliphatic carbocycles. The van der Waals surface area contributed by atoms with Gasteiger partial charge < -0.3 is 10.1 Å². The van der Waals surface area contributed by atoms with E-state index in [-0.39, 0.29) is 5.41 Å². The summed E-state index contributed by atoms with van der Waals surface area (Å²) in [7, 11) is 0. The van der Waals surface area contributed by atoms with Crippen molar-refractivity contribution >= 4 is 5.69 Å². The van der Waals surface area contributed by atoms with Crippen molar-refractivity contribution in [1.29, 1.82) is 0 Å². The van der Waals surface area contributed by atoms with E-state index >= 15 is 0 Å².